The zero-order chi connectivity index (χ0) is 25.1. The molecule has 2 aromatic heterocycles. The number of aromatic nitrogens is 4. The molecule has 0 radical (unpaired) electrons. The molecule has 4 aromatic rings. The van der Waals surface area contributed by atoms with Crippen molar-refractivity contribution in [3.63, 3.8) is 0 Å². The van der Waals surface area contributed by atoms with Crippen molar-refractivity contribution in [1.29, 1.82) is 0 Å². The number of carbonyl (C=O) groups excluding carboxylic acids is 1. The first-order valence-corrected chi connectivity index (χ1v) is 11.4. The summed E-state index contributed by atoms with van der Waals surface area (Å²) in [4.78, 5) is 26.7. The first kappa shape index (κ1) is 24.0. The monoisotopic (exact) mass is 475 g/mol. The molecule has 4 rings (SSSR count). The number of methoxy groups -OCH3 is 2. The Morgan fingerprint density at radius 3 is 2.40 bits per heavy atom. The zero-order valence-electron chi connectivity index (χ0n) is 20.5. The number of fused-ring (bicyclic) bond motifs is 1. The Hall–Kier alpha value is -4.14. The highest BCUT2D eigenvalue weighted by molar-refractivity contribution is 5.84. The molecular weight excluding hydrogens is 446 g/mol. The fourth-order valence-electron chi connectivity index (χ4n) is 4.18. The van der Waals surface area contributed by atoms with Gasteiger partial charge >= 0.3 is 0 Å². The Labute approximate surface area is 203 Å². The maximum absolute atomic E-state index is 13.5. The Morgan fingerprint density at radius 1 is 1.03 bits per heavy atom. The molecule has 9 heteroatoms. The minimum Gasteiger partial charge on any atom is -0.493 e. The Balaban J connectivity index is 1.65. The lowest BCUT2D eigenvalue weighted by Gasteiger charge is -2.18. The summed E-state index contributed by atoms with van der Waals surface area (Å²) in [6.45, 7) is 5.78. The van der Waals surface area contributed by atoms with Gasteiger partial charge in [-0.05, 0) is 50.1 Å². The fraction of sp³-hybridized carbons (Fsp3) is 0.308. The van der Waals surface area contributed by atoms with Crippen LogP contribution < -0.4 is 20.3 Å². The maximum Gasteiger partial charge on any atom is 0.278 e. The normalized spacial score (nSPS) is 11.9. The Kier molecular flexibility index (Phi) is 6.86. The van der Waals surface area contributed by atoms with Crippen molar-refractivity contribution >= 4 is 16.8 Å². The maximum atomic E-state index is 13.5. The van der Waals surface area contributed by atoms with Gasteiger partial charge in [0, 0.05) is 6.54 Å². The topological polar surface area (TPSA) is 100 Å². The molecule has 0 aliphatic rings. The van der Waals surface area contributed by atoms with Crippen molar-refractivity contribution in [1.82, 2.24) is 24.9 Å². The summed E-state index contributed by atoms with van der Waals surface area (Å²) in [7, 11) is 3.13. The molecule has 1 atom stereocenters. The van der Waals surface area contributed by atoms with Crippen molar-refractivity contribution in [3.05, 3.63) is 75.8 Å². The summed E-state index contributed by atoms with van der Waals surface area (Å²) in [6.07, 6.45) is 0.404. The van der Waals surface area contributed by atoms with E-state index in [1.807, 2.05) is 56.3 Å². The number of nitrogens with one attached hydrogen (secondary N) is 1. The molecular formula is C26H29N5O4. The quantitative estimate of drug-likeness (QED) is 0.419. The van der Waals surface area contributed by atoms with E-state index in [1.165, 1.54) is 4.68 Å². The average molecular weight is 476 g/mol. The smallest absolute Gasteiger partial charge is 0.278 e. The SMILES string of the molecule is CCC(C(=O)NCc1ccc(OC)c(OC)c1)n1nc(C)c2nn(-c3ccccc3)c(C)c2c1=O. The van der Waals surface area contributed by atoms with Gasteiger partial charge in [-0.2, -0.15) is 10.2 Å². The van der Waals surface area contributed by atoms with Gasteiger partial charge < -0.3 is 14.8 Å². The number of nitrogens with zero attached hydrogens (tertiary/aromatic N) is 4. The van der Waals surface area contributed by atoms with E-state index in [4.69, 9.17) is 9.47 Å². The summed E-state index contributed by atoms with van der Waals surface area (Å²) >= 11 is 0. The molecule has 0 saturated heterocycles. The summed E-state index contributed by atoms with van der Waals surface area (Å²) in [5.41, 5.74) is 3.19. The van der Waals surface area contributed by atoms with Crippen LogP contribution in [0.4, 0.5) is 0 Å². The molecule has 0 fully saturated rings. The second-order valence-corrected chi connectivity index (χ2v) is 8.22. The minimum absolute atomic E-state index is 0.274. The van der Waals surface area contributed by atoms with Gasteiger partial charge in [0.15, 0.2) is 11.5 Å². The van der Waals surface area contributed by atoms with Crippen LogP contribution >= 0.6 is 0 Å². The summed E-state index contributed by atoms with van der Waals surface area (Å²) in [5, 5.41) is 12.5. The third-order valence-corrected chi connectivity index (χ3v) is 6.04. The van der Waals surface area contributed by atoms with Crippen LogP contribution in [0.2, 0.25) is 0 Å². The molecule has 0 saturated carbocycles. The van der Waals surface area contributed by atoms with Crippen molar-refractivity contribution in [2.75, 3.05) is 14.2 Å². The van der Waals surface area contributed by atoms with Crippen LogP contribution in [0.3, 0.4) is 0 Å². The number of aryl methyl sites for hydroxylation is 2. The highest BCUT2D eigenvalue weighted by Crippen LogP contribution is 2.27. The van der Waals surface area contributed by atoms with Crippen LogP contribution in [0.1, 0.15) is 36.3 Å². The number of hydrogen-bond acceptors (Lipinski definition) is 6. The zero-order valence-corrected chi connectivity index (χ0v) is 20.5. The average Bonchev–Trinajstić information content (AvgIpc) is 3.24. The lowest BCUT2D eigenvalue weighted by Crippen LogP contribution is -2.38. The van der Waals surface area contributed by atoms with E-state index < -0.39 is 6.04 Å². The summed E-state index contributed by atoms with van der Waals surface area (Å²) < 4.78 is 13.6. The number of benzene rings is 2. The molecule has 1 amide bonds. The second-order valence-electron chi connectivity index (χ2n) is 8.22. The van der Waals surface area contributed by atoms with E-state index in [1.54, 1.807) is 31.9 Å². The van der Waals surface area contributed by atoms with E-state index in [-0.39, 0.29) is 18.0 Å². The number of carbonyl (C=O) groups is 1. The van der Waals surface area contributed by atoms with Crippen LogP contribution in [0.5, 0.6) is 11.5 Å². The summed E-state index contributed by atoms with van der Waals surface area (Å²) in [5.74, 6) is 0.903. The number of amides is 1. The Bertz CT molecular complexity index is 1430. The first-order chi connectivity index (χ1) is 16.9. The van der Waals surface area contributed by atoms with E-state index in [0.29, 0.717) is 40.2 Å². The summed E-state index contributed by atoms with van der Waals surface area (Å²) in [6, 6.07) is 14.3. The number of rotatable bonds is 8. The van der Waals surface area contributed by atoms with Gasteiger partial charge in [0.2, 0.25) is 5.91 Å². The highest BCUT2D eigenvalue weighted by atomic mass is 16.5. The third kappa shape index (κ3) is 4.49. The fourth-order valence-corrected chi connectivity index (χ4v) is 4.18. The van der Waals surface area contributed by atoms with E-state index in [2.05, 4.69) is 15.5 Å². The lowest BCUT2D eigenvalue weighted by atomic mass is 10.1. The van der Waals surface area contributed by atoms with Crippen LogP contribution in [0.25, 0.3) is 16.6 Å². The highest BCUT2D eigenvalue weighted by Gasteiger charge is 2.25. The predicted octanol–water partition coefficient (Wildman–Crippen LogP) is 3.48. The largest absolute Gasteiger partial charge is 0.493 e. The molecule has 0 aliphatic heterocycles. The number of para-hydroxylation sites is 1. The second kappa shape index (κ2) is 10.0. The van der Waals surface area contributed by atoms with Gasteiger partial charge in [-0.15, -0.1) is 0 Å². The molecule has 1 unspecified atom stereocenters. The molecule has 0 bridgehead atoms. The molecule has 0 spiro atoms. The minimum atomic E-state index is -0.759. The van der Waals surface area contributed by atoms with Gasteiger partial charge in [-0.3, -0.25) is 9.59 Å². The standard InChI is InChI=1S/C26H29N5O4/c1-6-20(25(32)27-15-18-12-13-21(34-4)22(14-18)35-5)31-26(33)23-17(3)30(19-10-8-7-9-11-19)29-24(23)16(2)28-31/h7-14,20H,6,15H2,1-5H3,(H,27,32). The van der Waals surface area contributed by atoms with Crippen molar-refractivity contribution in [2.24, 2.45) is 0 Å². The number of ether oxygens (including phenoxy) is 2. The van der Waals surface area contributed by atoms with Crippen molar-refractivity contribution in [3.8, 4) is 17.2 Å². The van der Waals surface area contributed by atoms with E-state index >= 15 is 0 Å². The van der Waals surface area contributed by atoms with Crippen molar-refractivity contribution < 1.29 is 14.3 Å². The Morgan fingerprint density at radius 2 is 1.74 bits per heavy atom. The van der Waals surface area contributed by atoms with Crippen molar-refractivity contribution in [2.45, 2.75) is 39.8 Å². The van der Waals surface area contributed by atoms with Gasteiger partial charge in [-0.25, -0.2) is 9.36 Å². The number of hydrogen-bond donors (Lipinski definition) is 1. The molecule has 2 aromatic carbocycles. The molecule has 0 aliphatic carbocycles. The molecule has 1 N–H and O–H groups in total. The lowest BCUT2D eigenvalue weighted by molar-refractivity contribution is -0.125. The third-order valence-electron chi connectivity index (χ3n) is 6.04. The van der Waals surface area contributed by atoms with Gasteiger partial charge in [0.05, 0.1) is 36.7 Å². The predicted molar refractivity (Wildman–Crippen MR) is 133 cm³/mol. The van der Waals surface area contributed by atoms with Crippen LogP contribution in [-0.2, 0) is 11.3 Å². The molecule has 2 heterocycles. The van der Waals surface area contributed by atoms with Gasteiger partial charge in [0.25, 0.3) is 5.56 Å². The van der Waals surface area contributed by atoms with E-state index in [9.17, 15) is 9.59 Å². The van der Waals surface area contributed by atoms with Crippen LogP contribution in [0.15, 0.2) is 53.3 Å². The van der Waals surface area contributed by atoms with Crippen LogP contribution in [0, 0.1) is 13.8 Å². The first-order valence-electron chi connectivity index (χ1n) is 11.4. The molecule has 35 heavy (non-hydrogen) atoms. The van der Waals surface area contributed by atoms with Crippen LogP contribution in [-0.4, -0.2) is 39.7 Å². The van der Waals surface area contributed by atoms with Gasteiger partial charge in [0.1, 0.15) is 11.6 Å². The van der Waals surface area contributed by atoms with Gasteiger partial charge in [-0.1, -0.05) is 31.2 Å². The molecule has 182 valence electrons. The van der Waals surface area contributed by atoms with E-state index in [0.717, 1.165) is 11.3 Å². The molecule has 9 nitrogen and oxygen atoms in total.